The Morgan fingerprint density at radius 1 is 1.42 bits per heavy atom. The van der Waals surface area contributed by atoms with E-state index in [1.54, 1.807) is 0 Å². The average molecular weight is 234 g/mol. The summed E-state index contributed by atoms with van der Waals surface area (Å²) in [5.41, 5.74) is 0. The fourth-order valence-electron chi connectivity index (χ4n) is 1.89. The first-order valence-electron chi connectivity index (χ1n) is 5.18. The lowest BCUT2D eigenvalue weighted by atomic mass is 10.0. The largest absolute Gasteiger partial charge is 0.300 e. The molecule has 0 spiro atoms. The van der Waals surface area contributed by atoms with Gasteiger partial charge in [-0.3, -0.25) is 4.90 Å². The summed E-state index contributed by atoms with van der Waals surface area (Å²) >= 11 is 3.60. The second kappa shape index (κ2) is 5.98. The lowest BCUT2D eigenvalue weighted by Crippen LogP contribution is -2.41. The number of unbranched alkanes of at least 4 members (excludes halogenated alkanes) is 1. The Balaban J connectivity index is 2.26. The number of alkyl halides is 1. The molecule has 0 aromatic rings. The molecule has 0 radical (unpaired) electrons. The van der Waals surface area contributed by atoms with E-state index in [-0.39, 0.29) is 0 Å². The Morgan fingerprint density at radius 2 is 2.25 bits per heavy atom. The molecule has 0 aromatic heterocycles. The fraction of sp³-hybridized carbons (Fsp3) is 1.00. The summed E-state index contributed by atoms with van der Waals surface area (Å²) in [5, 5.41) is 1.16. The molecule has 1 rings (SSSR count). The van der Waals surface area contributed by atoms with E-state index < -0.39 is 0 Å². The normalized spacial score (nSPS) is 26.0. The summed E-state index contributed by atoms with van der Waals surface area (Å²) < 4.78 is 0. The van der Waals surface area contributed by atoms with Crippen LogP contribution >= 0.6 is 15.9 Å². The Labute approximate surface area is 84.6 Å². The Morgan fingerprint density at radius 3 is 2.92 bits per heavy atom. The highest BCUT2D eigenvalue weighted by atomic mass is 79.9. The molecule has 1 fully saturated rings. The maximum absolute atomic E-state index is 3.60. The van der Waals surface area contributed by atoms with Gasteiger partial charge in [-0.25, -0.2) is 0 Å². The van der Waals surface area contributed by atoms with Crippen molar-refractivity contribution in [3.05, 3.63) is 0 Å². The van der Waals surface area contributed by atoms with E-state index in [4.69, 9.17) is 0 Å². The standard InChI is InChI=1S/C10H20BrN/c1-2-3-7-12-8-5-4-6-10(12)9-11/h10H,2-9H2,1H3. The van der Waals surface area contributed by atoms with E-state index in [1.165, 1.54) is 45.2 Å². The third-order valence-electron chi connectivity index (χ3n) is 2.73. The number of hydrogen-bond acceptors (Lipinski definition) is 1. The molecule has 72 valence electrons. The van der Waals surface area contributed by atoms with Crippen molar-refractivity contribution in [3.8, 4) is 0 Å². The summed E-state index contributed by atoms with van der Waals surface area (Å²) in [5.74, 6) is 0. The van der Waals surface area contributed by atoms with Crippen molar-refractivity contribution >= 4 is 15.9 Å². The summed E-state index contributed by atoms with van der Waals surface area (Å²) in [6.07, 6.45) is 6.93. The van der Waals surface area contributed by atoms with Crippen LogP contribution in [-0.4, -0.2) is 29.4 Å². The first-order valence-corrected chi connectivity index (χ1v) is 6.30. The molecule has 0 saturated carbocycles. The molecule has 0 N–H and O–H groups in total. The minimum atomic E-state index is 0.824. The zero-order valence-electron chi connectivity index (χ0n) is 8.06. The number of hydrogen-bond donors (Lipinski definition) is 0. The number of rotatable bonds is 4. The lowest BCUT2D eigenvalue weighted by Gasteiger charge is -2.34. The predicted molar refractivity (Wildman–Crippen MR) is 57.9 cm³/mol. The number of likely N-dealkylation sites (tertiary alicyclic amines) is 1. The van der Waals surface area contributed by atoms with Gasteiger partial charge in [-0.1, -0.05) is 35.7 Å². The van der Waals surface area contributed by atoms with Crippen LogP contribution in [0.1, 0.15) is 39.0 Å². The van der Waals surface area contributed by atoms with Gasteiger partial charge in [0.05, 0.1) is 0 Å². The molecule has 12 heavy (non-hydrogen) atoms. The van der Waals surface area contributed by atoms with Crippen molar-refractivity contribution < 1.29 is 0 Å². The van der Waals surface area contributed by atoms with Crippen LogP contribution in [0.25, 0.3) is 0 Å². The summed E-state index contributed by atoms with van der Waals surface area (Å²) in [7, 11) is 0. The van der Waals surface area contributed by atoms with Crippen molar-refractivity contribution in [2.45, 2.75) is 45.1 Å². The maximum Gasteiger partial charge on any atom is 0.0192 e. The van der Waals surface area contributed by atoms with E-state index >= 15 is 0 Å². The molecular formula is C10H20BrN. The average Bonchev–Trinajstić information content (AvgIpc) is 2.15. The van der Waals surface area contributed by atoms with E-state index in [1.807, 2.05) is 0 Å². The smallest absolute Gasteiger partial charge is 0.0192 e. The zero-order chi connectivity index (χ0) is 8.81. The summed E-state index contributed by atoms with van der Waals surface area (Å²) in [6, 6.07) is 0.824. The molecular weight excluding hydrogens is 214 g/mol. The summed E-state index contributed by atoms with van der Waals surface area (Å²) in [6.45, 7) is 4.91. The molecule has 0 amide bonds. The van der Waals surface area contributed by atoms with Gasteiger partial charge in [0, 0.05) is 11.4 Å². The highest BCUT2D eigenvalue weighted by Crippen LogP contribution is 2.18. The van der Waals surface area contributed by atoms with E-state index in [2.05, 4.69) is 27.8 Å². The molecule has 0 aliphatic carbocycles. The topological polar surface area (TPSA) is 3.24 Å². The van der Waals surface area contributed by atoms with Gasteiger partial charge in [-0.2, -0.15) is 0 Å². The number of nitrogens with zero attached hydrogens (tertiary/aromatic N) is 1. The van der Waals surface area contributed by atoms with E-state index in [0.29, 0.717) is 0 Å². The number of halogens is 1. The molecule has 1 unspecified atom stereocenters. The quantitative estimate of drug-likeness (QED) is 0.676. The van der Waals surface area contributed by atoms with Gasteiger partial charge in [-0.05, 0) is 32.4 Å². The highest BCUT2D eigenvalue weighted by Gasteiger charge is 2.19. The Kier molecular flexibility index (Phi) is 5.24. The molecule has 1 nitrogen and oxygen atoms in total. The minimum Gasteiger partial charge on any atom is -0.300 e. The van der Waals surface area contributed by atoms with Gasteiger partial charge in [0.2, 0.25) is 0 Å². The third-order valence-corrected chi connectivity index (χ3v) is 3.47. The first-order chi connectivity index (χ1) is 5.88. The molecule has 1 saturated heterocycles. The van der Waals surface area contributed by atoms with Gasteiger partial charge in [0.15, 0.2) is 0 Å². The van der Waals surface area contributed by atoms with Gasteiger partial charge in [0.25, 0.3) is 0 Å². The van der Waals surface area contributed by atoms with Crippen molar-refractivity contribution in [3.63, 3.8) is 0 Å². The van der Waals surface area contributed by atoms with Crippen LogP contribution in [0.3, 0.4) is 0 Å². The zero-order valence-corrected chi connectivity index (χ0v) is 9.65. The molecule has 1 atom stereocenters. The van der Waals surface area contributed by atoms with Gasteiger partial charge in [-0.15, -0.1) is 0 Å². The Bertz CT molecular complexity index is 116. The van der Waals surface area contributed by atoms with Gasteiger partial charge < -0.3 is 0 Å². The van der Waals surface area contributed by atoms with Crippen molar-refractivity contribution in [2.75, 3.05) is 18.4 Å². The van der Waals surface area contributed by atoms with Gasteiger partial charge >= 0.3 is 0 Å². The summed E-state index contributed by atoms with van der Waals surface area (Å²) in [4.78, 5) is 2.65. The van der Waals surface area contributed by atoms with Crippen LogP contribution in [0.5, 0.6) is 0 Å². The van der Waals surface area contributed by atoms with Crippen LogP contribution in [0.15, 0.2) is 0 Å². The van der Waals surface area contributed by atoms with E-state index in [0.717, 1.165) is 11.4 Å². The van der Waals surface area contributed by atoms with Crippen LogP contribution in [0, 0.1) is 0 Å². The molecule has 0 bridgehead atoms. The maximum atomic E-state index is 3.60. The molecule has 2 heteroatoms. The Hall–Kier alpha value is 0.440. The molecule has 0 aromatic carbocycles. The molecule has 1 heterocycles. The lowest BCUT2D eigenvalue weighted by molar-refractivity contribution is 0.162. The first kappa shape index (κ1) is 10.5. The molecule has 1 aliphatic heterocycles. The second-order valence-electron chi connectivity index (χ2n) is 3.69. The fourth-order valence-corrected chi connectivity index (χ4v) is 2.62. The minimum absolute atomic E-state index is 0.824. The van der Waals surface area contributed by atoms with Crippen molar-refractivity contribution in [2.24, 2.45) is 0 Å². The van der Waals surface area contributed by atoms with Crippen LogP contribution in [0.4, 0.5) is 0 Å². The number of piperidine rings is 1. The van der Waals surface area contributed by atoms with Crippen LogP contribution < -0.4 is 0 Å². The SMILES string of the molecule is CCCCN1CCCCC1CBr. The van der Waals surface area contributed by atoms with Crippen molar-refractivity contribution in [1.29, 1.82) is 0 Å². The highest BCUT2D eigenvalue weighted by molar-refractivity contribution is 9.09. The van der Waals surface area contributed by atoms with Crippen molar-refractivity contribution in [1.82, 2.24) is 4.90 Å². The van der Waals surface area contributed by atoms with Crippen LogP contribution in [0.2, 0.25) is 0 Å². The van der Waals surface area contributed by atoms with E-state index in [9.17, 15) is 0 Å². The molecule has 1 aliphatic rings. The van der Waals surface area contributed by atoms with Crippen LogP contribution in [-0.2, 0) is 0 Å². The predicted octanol–water partition coefficient (Wildman–Crippen LogP) is 3.04. The monoisotopic (exact) mass is 233 g/mol. The third kappa shape index (κ3) is 3.06. The second-order valence-corrected chi connectivity index (χ2v) is 4.34. The van der Waals surface area contributed by atoms with Gasteiger partial charge in [0.1, 0.15) is 0 Å².